The molecule has 90 valence electrons. The molecule has 5 nitrogen and oxygen atoms in total. The minimum Gasteiger partial charge on any atom is -0.462 e. The van der Waals surface area contributed by atoms with Gasteiger partial charge in [-0.15, -0.1) is 0 Å². The van der Waals surface area contributed by atoms with E-state index in [0.29, 0.717) is 27.3 Å². The molecular formula is C10H10ClN3O2S. The quantitative estimate of drug-likeness (QED) is 0.804. The van der Waals surface area contributed by atoms with Crippen molar-refractivity contribution in [3.8, 4) is 11.4 Å². The zero-order chi connectivity index (χ0) is 12.4. The average molecular weight is 272 g/mol. The van der Waals surface area contributed by atoms with Gasteiger partial charge in [0.15, 0.2) is 4.47 Å². The number of nitrogens with zero attached hydrogens (tertiary/aromatic N) is 3. The van der Waals surface area contributed by atoms with Crippen LogP contribution in [-0.4, -0.2) is 27.1 Å². The van der Waals surface area contributed by atoms with Crippen molar-refractivity contribution in [2.24, 2.45) is 7.05 Å². The van der Waals surface area contributed by atoms with Gasteiger partial charge in [-0.3, -0.25) is 0 Å². The molecular weight excluding hydrogens is 262 g/mol. The largest absolute Gasteiger partial charge is 0.462 e. The molecule has 0 aromatic carbocycles. The molecule has 0 atom stereocenters. The molecule has 0 spiro atoms. The first-order valence-electron chi connectivity index (χ1n) is 4.93. The molecule has 17 heavy (non-hydrogen) atoms. The van der Waals surface area contributed by atoms with Crippen LogP contribution in [0.4, 0.5) is 0 Å². The molecule has 0 N–H and O–H groups in total. The molecule has 0 fully saturated rings. The maximum atomic E-state index is 11.7. The first-order valence-corrected chi connectivity index (χ1v) is 6.13. The number of carbonyl (C=O) groups excluding carboxylic acids is 1. The van der Waals surface area contributed by atoms with Gasteiger partial charge in [0, 0.05) is 13.2 Å². The van der Waals surface area contributed by atoms with Crippen LogP contribution in [0.25, 0.3) is 11.4 Å². The number of halogens is 1. The minimum absolute atomic E-state index is 0.300. The SMILES string of the molecule is CCOC(=O)c1sc(Cl)nc1-c1cn(C)cn1. The number of hydrogen-bond donors (Lipinski definition) is 0. The fourth-order valence-corrected chi connectivity index (χ4v) is 2.35. The predicted molar refractivity (Wildman–Crippen MR) is 65.3 cm³/mol. The molecule has 0 saturated heterocycles. The first-order chi connectivity index (χ1) is 8.11. The maximum Gasteiger partial charge on any atom is 0.350 e. The van der Waals surface area contributed by atoms with Gasteiger partial charge in [0.05, 0.1) is 12.9 Å². The molecule has 7 heteroatoms. The Labute approximate surface area is 107 Å². The Hall–Kier alpha value is -1.40. The second-order valence-electron chi connectivity index (χ2n) is 3.29. The Kier molecular flexibility index (Phi) is 3.44. The molecule has 0 amide bonds. The van der Waals surface area contributed by atoms with Crippen LogP contribution >= 0.6 is 22.9 Å². The van der Waals surface area contributed by atoms with E-state index in [4.69, 9.17) is 16.3 Å². The third-order valence-corrected chi connectivity index (χ3v) is 3.15. The third kappa shape index (κ3) is 2.48. The smallest absolute Gasteiger partial charge is 0.350 e. The van der Waals surface area contributed by atoms with E-state index in [1.807, 2.05) is 7.05 Å². The number of aryl methyl sites for hydroxylation is 1. The number of hydrogen-bond acceptors (Lipinski definition) is 5. The molecule has 2 heterocycles. The summed E-state index contributed by atoms with van der Waals surface area (Å²) in [6.45, 7) is 2.07. The van der Waals surface area contributed by atoms with E-state index in [1.165, 1.54) is 0 Å². The van der Waals surface area contributed by atoms with Gasteiger partial charge in [-0.2, -0.15) is 0 Å². The maximum absolute atomic E-state index is 11.7. The van der Waals surface area contributed by atoms with Crippen LogP contribution in [0, 0.1) is 0 Å². The lowest BCUT2D eigenvalue weighted by atomic mass is 10.3. The Balaban J connectivity index is 2.43. The van der Waals surface area contributed by atoms with Crippen molar-refractivity contribution in [2.75, 3.05) is 6.61 Å². The van der Waals surface area contributed by atoms with E-state index in [0.717, 1.165) is 11.3 Å². The number of esters is 1. The van der Waals surface area contributed by atoms with E-state index in [9.17, 15) is 4.79 Å². The van der Waals surface area contributed by atoms with Gasteiger partial charge in [0.1, 0.15) is 16.3 Å². The predicted octanol–water partition coefficient (Wildman–Crippen LogP) is 2.37. The number of rotatable bonds is 3. The number of carbonyl (C=O) groups is 1. The van der Waals surface area contributed by atoms with Crippen LogP contribution in [0.2, 0.25) is 4.47 Å². The van der Waals surface area contributed by atoms with E-state index in [1.54, 1.807) is 24.0 Å². The van der Waals surface area contributed by atoms with Gasteiger partial charge in [-0.25, -0.2) is 14.8 Å². The summed E-state index contributed by atoms with van der Waals surface area (Å²) in [4.78, 5) is 20.3. The van der Waals surface area contributed by atoms with Crippen molar-refractivity contribution in [1.82, 2.24) is 14.5 Å². The Morgan fingerprint density at radius 1 is 1.65 bits per heavy atom. The van der Waals surface area contributed by atoms with Gasteiger partial charge in [0.2, 0.25) is 0 Å². The zero-order valence-corrected chi connectivity index (χ0v) is 10.9. The Morgan fingerprint density at radius 2 is 2.41 bits per heavy atom. The number of imidazole rings is 1. The molecule has 0 aliphatic heterocycles. The first kappa shape index (κ1) is 12.1. The summed E-state index contributed by atoms with van der Waals surface area (Å²) in [5, 5.41) is 0. The number of ether oxygens (including phenoxy) is 1. The molecule has 0 aliphatic rings. The molecule has 0 bridgehead atoms. The van der Waals surface area contributed by atoms with Gasteiger partial charge >= 0.3 is 5.97 Å². The highest BCUT2D eigenvalue weighted by Crippen LogP contribution is 2.30. The zero-order valence-electron chi connectivity index (χ0n) is 9.31. The average Bonchev–Trinajstić information content (AvgIpc) is 2.84. The van der Waals surface area contributed by atoms with E-state index in [2.05, 4.69) is 9.97 Å². The molecule has 0 radical (unpaired) electrons. The van der Waals surface area contributed by atoms with Crippen molar-refractivity contribution in [3.63, 3.8) is 0 Å². The summed E-state index contributed by atoms with van der Waals surface area (Å²) in [6.07, 6.45) is 3.41. The van der Waals surface area contributed by atoms with Crippen molar-refractivity contribution >= 4 is 28.9 Å². The van der Waals surface area contributed by atoms with E-state index >= 15 is 0 Å². The van der Waals surface area contributed by atoms with Gasteiger partial charge in [-0.05, 0) is 6.92 Å². The summed E-state index contributed by atoms with van der Waals surface area (Å²) < 4.78 is 7.02. The molecule has 0 unspecified atom stereocenters. The van der Waals surface area contributed by atoms with Crippen LogP contribution in [-0.2, 0) is 11.8 Å². The number of aromatic nitrogens is 3. The second-order valence-corrected chi connectivity index (χ2v) is 4.87. The van der Waals surface area contributed by atoms with Crippen LogP contribution in [0.1, 0.15) is 16.6 Å². The van der Waals surface area contributed by atoms with Crippen molar-refractivity contribution in [2.45, 2.75) is 6.92 Å². The number of thiazole rings is 1. The lowest BCUT2D eigenvalue weighted by Gasteiger charge is -1.99. The minimum atomic E-state index is -0.419. The lowest BCUT2D eigenvalue weighted by Crippen LogP contribution is -2.04. The van der Waals surface area contributed by atoms with Crippen LogP contribution in [0.5, 0.6) is 0 Å². The fourth-order valence-electron chi connectivity index (χ4n) is 1.34. The summed E-state index contributed by atoms with van der Waals surface area (Å²) in [7, 11) is 1.84. The van der Waals surface area contributed by atoms with Crippen LogP contribution < -0.4 is 0 Å². The third-order valence-electron chi connectivity index (χ3n) is 2.01. The molecule has 0 saturated carbocycles. The van der Waals surface area contributed by atoms with Crippen molar-refractivity contribution < 1.29 is 9.53 Å². The van der Waals surface area contributed by atoms with Crippen molar-refractivity contribution in [1.29, 1.82) is 0 Å². The van der Waals surface area contributed by atoms with Gasteiger partial charge in [0.25, 0.3) is 0 Å². The molecule has 0 aliphatic carbocycles. The summed E-state index contributed by atoms with van der Waals surface area (Å²) in [5.74, 6) is -0.419. The Morgan fingerprint density at radius 3 is 3.00 bits per heavy atom. The van der Waals surface area contributed by atoms with Crippen LogP contribution in [0.3, 0.4) is 0 Å². The summed E-state index contributed by atoms with van der Waals surface area (Å²) >= 11 is 6.93. The molecule has 2 aromatic rings. The fraction of sp³-hybridized carbons (Fsp3) is 0.300. The standard InChI is InChI=1S/C10H10ClN3O2S/c1-3-16-9(15)8-7(13-10(11)17-8)6-4-14(2)5-12-6/h4-5H,3H2,1-2H3. The van der Waals surface area contributed by atoms with Gasteiger partial charge in [-0.1, -0.05) is 22.9 Å². The highest BCUT2D eigenvalue weighted by Gasteiger charge is 2.21. The lowest BCUT2D eigenvalue weighted by molar-refractivity contribution is 0.0532. The van der Waals surface area contributed by atoms with Crippen LogP contribution in [0.15, 0.2) is 12.5 Å². The van der Waals surface area contributed by atoms with Gasteiger partial charge < -0.3 is 9.30 Å². The highest BCUT2D eigenvalue weighted by atomic mass is 35.5. The summed E-state index contributed by atoms with van der Waals surface area (Å²) in [5.41, 5.74) is 1.08. The molecule has 2 aromatic heterocycles. The second kappa shape index (κ2) is 4.85. The summed E-state index contributed by atoms with van der Waals surface area (Å²) in [6, 6.07) is 0. The Bertz CT molecular complexity index is 549. The van der Waals surface area contributed by atoms with E-state index in [-0.39, 0.29) is 0 Å². The van der Waals surface area contributed by atoms with E-state index < -0.39 is 5.97 Å². The topological polar surface area (TPSA) is 57.0 Å². The normalized spacial score (nSPS) is 10.5. The highest BCUT2D eigenvalue weighted by molar-refractivity contribution is 7.17. The van der Waals surface area contributed by atoms with Crippen molar-refractivity contribution in [3.05, 3.63) is 21.9 Å². The monoisotopic (exact) mass is 271 g/mol. The molecule has 2 rings (SSSR count).